The molecule has 22 heavy (non-hydrogen) atoms. The molecule has 2 amide bonds. The lowest BCUT2D eigenvalue weighted by molar-refractivity contribution is 0.233. The highest BCUT2D eigenvalue weighted by Crippen LogP contribution is 2.05. The molecule has 0 spiro atoms. The van der Waals surface area contributed by atoms with Gasteiger partial charge in [-0.15, -0.1) is 0 Å². The number of amides is 2. The maximum absolute atomic E-state index is 11.9. The maximum Gasteiger partial charge on any atom is 0.315 e. The fourth-order valence-electron chi connectivity index (χ4n) is 2.42. The van der Waals surface area contributed by atoms with Crippen molar-refractivity contribution in [3.05, 3.63) is 36.5 Å². The zero-order chi connectivity index (χ0) is 15.2. The van der Waals surface area contributed by atoms with E-state index in [1.807, 2.05) is 12.1 Å². The number of carbonyl (C=O) groups is 1. The van der Waals surface area contributed by atoms with E-state index in [1.54, 1.807) is 17.2 Å². The predicted octanol–water partition coefficient (Wildman–Crippen LogP) is 0.214. The first-order chi connectivity index (χ1) is 10.8. The fraction of sp³-hybridized carbons (Fsp3) is 0.429. The summed E-state index contributed by atoms with van der Waals surface area (Å²) in [6.07, 6.45) is 6.85. The van der Waals surface area contributed by atoms with Gasteiger partial charge in [-0.05, 0) is 37.1 Å². The number of pyridine rings is 1. The highest BCUT2D eigenvalue weighted by atomic mass is 16.2. The minimum absolute atomic E-state index is 0.146. The summed E-state index contributed by atoms with van der Waals surface area (Å²) in [5.41, 5.74) is 0.956. The van der Waals surface area contributed by atoms with Crippen molar-refractivity contribution in [1.82, 2.24) is 35.7 Å². The second-order valence-electron chi connectivity index (χ2n) is 5.23. The molecule has 1 atom stereocenters. The minimum Gasteiger partial charge on any atom is -0.334 e. The van der Waals surface area contributed by atoms with E-state index in [0.717, 1.165) is 31.5 Å². The van der Waals surface area contributed by atoms with E-state index >= 15 is 0 Å². The molecule has 0 bridgehead atoms. The lowest BCUT2D eigenvalue weighted by Crippen LogP contribution is -2.48. The van der Waals surface area contributed by atoms with Gasteiger partial charge in [-0.25, -0.2) is 19.4 Å². The molecule has 2 aromatic heterocycles. The van der Waals surface area contributed by atoms with Gasteiger partial charge in [-0.2, -0.15) is 5.10 Å². The Labute approximate surface area is 128 Å². The van der Waals surface area contributed by atoms with Gasteiger partial charge in [0.2, 0.25) is 0 Å². The Morgan fingerprint density at radius 2 is 2.45 bits per heavy atom. The Morgan fingerprint density at radius 1 is 1.50 bits per heavy atom. The Morgan fingerprint density at radius 3 is 3.23 bits per heavy atom. The van der Waals surface area contributed by atoms with Crippen molar-refractivity contribution in [2.45, 2.75) is 25.4 Å². The van der Waals surface area contributed by atoms with Crippen molar-refractivity contribution >= 4 is 6.03 Å². The van der Waals surface area contributed by atoms with Crippen LogP contribution in [-0.4, -0.2) is 44.9 Å². The molecule has 0 unspecified atom stereocenters. The van der Waals surface area contributed by atoms with E-state index in [2.05, 4.69) is 31.0 Å². The zero-order valence-electron chi connectivity index (χ0n) is 12.2. The first-order valence-electron chi connectivity index (χ1n) is 7.36. The van der Waals surface area contributed by atoms with Crippen LogP contribution in [0.3, 0.4) is 0 Å². The number of carbonyl (C=O) groups excluding carboxylic acids is 1. The fourth-order valence-corrected chi connectivity index (χ4v) is 2.42. The summed E-state index contributed by atoms with van der Waals surface area (Å²) in [7, 11) is 0. The van der Waals surface area contributed by atoms with Crippen LogP contribution in [0.5, 0.6) is 0 Å². The van der Waals surface area contributed by atoms with Gasteiger partial charge in [0.25, 0.3) is 0 Å². The largest absolute Gasteiger partial charge is 0.334 e. The van der Waals surface area contributed by atoms with E-state index in [1.165, 1.54) is 6.33 Å². The van der Waals surface area contributed by atoms with Crippen LogP contribution >= 0.6 is 0 Å². The van der Waals surface area contributed by atoms with Crippen LogP contribution in [0, 0.1) is 0 Å². The van der Waals surface area contributed by atoms with Gasteiger partial charge in [0.1, 0.15) is 12.7 Å². The van der Waals surface area contributed by atoms with E-state index in [0.29, 0.717) is 12.4 Å². The van der Waals surface area contributed by atoms with Gasteiger partial charge in [-0.3, -0.25) is 0 Å². The van der Waals surface area contributed by atoms with Crippen LogP contribution in [-0.2, 0) is 6.54 Å². The van der Waals surface area contributed by atoms with Crippen molar-refractivity contribution in [3.8, 4) is 5.82 Å². The SMILES string of the molecule is O=C(NCc1ccnc(-n2cncn2)c1)N[C@H]1CCCNC1. The van der Waals surface area contributed by atoms with E-state index in [4.69, 9.17) is 0 Å². The van der Waals surface area contributed by atoms with Crippen LogP contribution in [0.4, 0.5) is 4.79 Å². The number of rotatable bonds is 4. The van der Waals surface area contributed by atoms with Crippen molar-refractivity contribution in [2.24, 2.45) is 0 Å². The third kappa shape index (κ3) is 3.79. The summed E-state index contributed by atoms with van der Waals surface area (Å²) in [6.45, 7) is 2.30. The lowest BCUT2D eigenvalue weighted by atomic mass is 10.1. The highest BCUT2D eigenvalue weighted by Gasteiger charge is 2.14. The zero-order valence-corrected chi connectivity index (χ0v) is 12.2. The minimum atomic E-state index is -0.146. The van der Waals surface area contributed by atoms with Crippen LogP contribution in [0.15, 0.2) is 31.0 Å². The molecule has 2 aromatic rings. The summed E-state index contributed by atoms with van der Waals surface area (Å²) in [5, 5.41) is 13.2. The van der Waals surface area contributed by atoms with Crippen molar-refractivity contribution in [1.29, 1.82) is 0 Å². The standard InChI is InChI=1S/C14H19N7O/c22-14(20-12-2-1-4-15-8-12)18-7-11-3-5-17-13(6-11)21-10-16-9-19-21/h3,5-6,9-10,12,15H,1-2,4,7-8H2,(H2,18,20,22)/t12-/m0/s1. The van der Waals surface area contributed by atoms with E-state index in [-0.39, 0.29) is 12.1 Å². The number of hydrogen-bond acceptors (Lipinski definition) is 5. The van der Waals surface area contributed by atoms with Crippen molar-refractivity contribution in [2.75, 3.05) is 13.1 Å². The van der Waals surface area contributed by atoms with Gasteiger partial charge in [0.15, 0.2) is 5.82 Å². The van der Waals surface area contributed by atoms with Gasteiger partial charge in [0.05, 0.1) is 0 Å². The van der Waals surface area contributed by atoms with Gasteiger partial charge >= 0.3 is 6.03 Å². The Kier molecular flexibility index (Phi) is 4.59. The summed E-state index contributed by atoms with van der Waals surface area (Å²) in [5.74, 6) is 0.675. The number of nitrogens with one attached hydrogen (secondary N) is 3. The molecule has 0 aliphatic carbocycles. The first kappa shape index (κ1) is 14.5. The normalized spacial score (nSPS) is 17.9. The van der Waals surface area contributed by atoms with Crippen LogP contribution in [0.25, 0.3) is 5.82 Å². The molecule has 8 nitrogen and oxygen atoms in total. The number of piperidine rings is 1. The topological polar surface area (TPSA) is 96.8 Å². The van der Waals surface area contributed by atoms with Crippen molar-refractivity contribution in [3.63, 3.8) is 0 Å². The molecule has 1 aliphatic heterocycles. The summed E-state index contributed by atoms with van der Waals surface area (Å²) >= 11 is 0. The molecular formula is C14H19N7O. The molecule has 1 fully saturated rings. The highest BCUT2D eigenvalue weighted by molar-refractivity contribution is 5.74. The molecule has 116 valence electrons. The Hall–Kier alpha value is -2.48. The van der Waals surface area contributed by atoms with Crippen molar-refractivity contribution < 1.29 is 4.79 Å². The second kappa shape index (κ2) is 6.99. The average Bonchev–Trinajstić information content (AvgIpc) is 3.09. The molecule has 8 heteroatoms. The number of nitrogens with zero attached hydrogens (tertiary/aromatic N) is 4. The van der Waals surface area contributed by atoms with E-state index < -0.39 is 0 Å². The van der Waals surface area contributed by atoms with Gasteiger partial charge in [0, 0.05) is 25.3 Å². The first-order valence-corrected chi connectivity index (χ1v) is 7.36. The van der Waals surface area contributed by atoms with Gasteiger partial charge in [-0.1, -0.05) is 0 Å². The molecule has 3 N–H and O–H groups in total. The molecule has 1 aliphatic rings. The van der Waals surface area contributed by atoms with Gasteiger partial charge < -0.3 is 16.0 Å². The predicted molar refractivity (Wildman–Crippen MR) is 80.4 cm³/mol. The van der Waals surface area contributed by atoms with Crippen LogP contribution < -0.4 is 16.0 Å². The number of hydrogen-bond donors (Lipinski definition) is 3. The summed E-state index contributed by atoms with van der Waals surface area (Å²) in [6, 6.07) is 3.80. The summed E-state index contributed by atoms with van der Waals surface area (Å²) < 4.78 is 1.58. The number of aromatic nitrogens is 4. The quantitative estimate of drug-likeness (QED) is 0.750. The lowest BCUT2D eigenvalue weighted by Gasteiger charge is -2.23. The molecule has 0 saturated carbocycles. The van der Waals surface area contributed by atoms with E-state index in [9.17, 15) is 4.79 Å². The molecular weight excluding hydrogens is 282 g/mol. The molecule has 3 rings (SSSR count). The molecule has 3 heterocycles. The molecule has 0 aromatic carbocycles. The third-order valence-corrected chi connectivity index (χ3v) is 3.55. The second-order valence-corrected chi connectivity index (χ2v) is 5.23. The average molecular weight is 301 g/mol. The monoisotopic (exact) mass is 301 g/mol. The smallest absolute Gasteiger partial charge is 0.315 e. The van der Waals surface area contributed by atoms with Crippen LogP contribution in [0.2, 0.25) is 0 Å². The Bertz CT molecular complexity index is 607. The maximum atomic E-state index is 11.9. The molecule has 1 saturated heterocycles. The number of urea groups is 1. The summed E-state index contributed by atoms with van der Waals surface area (Å²) in [4.78, 5) is 20.0. The third-order valence-electron chi connectivity index (χ3n) is 3.55. The molecule has 0 radical (unpaired) electrons. The Balaban J connectivity index is 1.52. The van der Waals surface area contributed by atoms with Crippen LogP contribution in [0.1, 0.15) is 18.4 Å².